The summed E-state index contributed by atoms with van der Waals surface area (Å²) in [5, 5.41) is 3.44. The zero-order chi connectivity index (χ0) is 19.1. The van der Waals surface area contributed by atoms with Gasteiger partial charge >= 0.3 is 0 Å². The lowest BCUT2D eigenvalue weighted by Gasteiger charge is -2.11. The van der Waals surface area contributed by atoms with Crippen LogP contribution in [0, 0.1) is 0 Å². The molecule has 0 saturated carbocycles. The van der Waals surface area contributed by atoms with E-state index in [9.17, 15) is 8.76 Å². The van der Waals surface area contributed by atoms with Crippen LogP contribution >= 0.6 is 0 Å². The maximum absolute atomic E-state index is 11.3. The highest BCUT2D eigenvalue weighted by atomic mass is 32.2. The van der Waals surface area contributed by atoms with E-state index in [4.69, 9.17) is 0 Å². The van der Waals surface area contributed by atoms with Crippen molar-refractivity contribution in [2.24, 2.45) is 0 Å². The third-order valence-corrected chi connectivity index (χ3v) is 4.91. The summed E-state index contributed by atoms with van der Waals surface area (Å²) in [6.45, 7) is 0. The molecule has 28 heavy (non-hydrogen) atoms. The highest BCUT2D eigenvalue weighted by Gasteiger charge is 2.07. The van der Waals surface area contributed by atoms with Crippen molar-refractivity contribution in [1.82, 2.24) is 24.7 Å². The van der Waals surface area contributed by atoms with Crippen LogP contribution in [0.2, 0.25) is 0 Å². The lowest BCUT2D eigenvalue weighted by Crippen LogP contribution is -2.25. The molecule has 0 radical (unpaired) electrons. The Kier molecular flexibility index (Phi) is 3.92. The lowest BCUT2D eigenvalue weighted by molar-refractivity contribution is 0.532. The molecule has 0 amide bonds. The molecule has 8 heteroatoms. The Morgan fingerprint density at radius 2 is 1.25 bits per heavy atom. The minimum absolute atomic E-state index is 0.451. The molecule has 1 aliphatic rings. The van der Waals surface area contributed by atoms with Crippen LogP contribution in [0.15, 0.2) is 48.5 Å². The van der Waals surface area contributed by atoms with E-state index in [0.29, 0.717) is 16.7 Å². The minimum Gasteiger partial charge on any atom is -0.755 e. The minimum atomic E-state index is -2.45. The van der Waals surface area contributed by atoms with Gasteiger partial charge in [0.1, 0.15) is 0 Å². The van der Waals surface area contributed by atoms with Crippen molar-refractivity contribution < 1.29 is 8.76 Å². The Bertz CT molecular complexity index is 1430. The second-order valence-electron chi connectivity index (χ2n) is 6.54. The largest absolute Gasteiger partial charge is 0.755 e. The van der Waals surface area contributed by atoms with Gasteiger partial charge in [-0.1, -0.05) is 0 Å². The van der Waals surface area contributed by atoms with Crippen molar-refractivity contribution in [3.05, 3.63) is 92.7 Å². The van der Waals surface area contributed by atoms with Gasteiger partial charge in [0.15, 0.2) is 0 Å². The van der Waals surface area contributed by atoms with Crippen molar-refractivity contribution >= 4 is 35.2 Å². The third-order valence-electron chi connectivity index (χ3n) is 4.54. The second-order valence-corrected chi connectivity index (χ2v) is 7.21. The van der Waals surface area contributed by atoms with Crippen LogP contribution in [0.4, 0.5) is 0 Å². The summed E-state index contributed by atoms with van der Waals surface area (Å²) in [4.78, 5) is 13.2. The van der Waals surface area contributed by atoms with Crippen LogP contribution in [0.1, 0.15) is 22.8 Å². The van der Waals surface area contributed by atoms with Gasteiger partial charge in [0.25, 0.3) is 0 Å². The van der Waals surface area contributed by atoms with Gasteiger partial charge in [0.05, 0.1) is 16.7 Å². The number of aromatic amines is 4. The molecular formula is C20H16N5O2S-. The van der Waals surface area contributed by atoms with Gasteiger partial charge in [0, 0.05) is 44.4 Å². The number of fused-ring (bicyclic) bond motifs is 8. The molecule has 0 aromatic carbocycles. The van der Waals surface area contributed by atoms with Crippen LogP contribution in [-0.2, 0) is 11.3 Å². The topological polar surface area (TPSA) is 115 Å². The molecule has 8 bridgehead atoms. The Balaban J connectivity index is 1.80. The van der Waals surface area contributed by atoms with Crippen molar-refractivity contribution in [2.45, 2.75) is 0 Å². The van der Waals surface area contributed by atoms with Crippen molar-refractivity contribution in [1.29, 1.82) is 0 Å². The molecule has 4 aromatic heterocycles. The summed E-state index contributed by atoms with van der Waals surface area (Å²) in [6, 6.07) is 15.5. The highest BCUT2D eigenvalue weighted by Crippen LogP contribution is 2.10. The smallest absolute Gasteiger partial charge is 0.0927 e. The van der Waals surface area contributed by atoms with E-state index in [1.165, 1.54) is 0 Å². The first-order chi connectivity index (χ1) is 13.6. The Morgan fingerprint density at radius 1 is 0.679 bits per heavy atom. The van der Waals surface area contributed by atoms with E-state index in [0.717, 1.165) is 33.1 Å². The fraction of sp³-hybridized carbons (Fsp3) is 0. The SMILES string of the molecule is O=S([O-])NC1=c2ccc([nH]2)=Cc2ccc([nH]2)C=c2ccc([nH]2)=Cc2ccc1[nH]2. The van der Waals surface area contributed by atoms with Gasteiger partial charge in [-0.2, -0.15) is 0 Å². The molecule has 0 fully saturated rings. The summed E-state index contributed by atoms with van der Waals surface area (Å²) in [7, 11) is 0. The van der Waals surface area contributed by atoms with Crippen molar-refractivity contribution in [3.63, 3.8) is 0 Å². The summed E-state index contributed by atoms with van der Waals surface area (Å²) in [5.74, 6) is 0. The van der Waals surface area contributed by atoms with Gasteiger partial charge in [-0.3, -0.25) is 4.21 Å². The van der Waals surface area contributed by atoms with E-state index in [2.05, 4.69) is 24.7 Å². The molecular weight excluding hydrogens is 374 g/mol. The number of aromatic nitrogens is 4. The zero-order valence-electron chi connectivity index (χ0n) is 14.6. The maximum Gasteiger partial charge on any atom is 0.0927 e. The average molecular weight is 390 g/mol. The summed E-state index contributed by atoms with van der Waals surface area (Å²) >= 11 is -2.45. The molecule has 5 N–H and O–H groups in total. The fourth-order valence-electron chi connectivity index (χ4n) is 3.32. The summed E-state index contributed by atoms with van der Waals surface area (Å²) in [5.41, 5.74) is 3.89. The van der Waals surface area contributed by atoms with Crippen LogP contribution in [0.3, 0.4) is 0 Å². The van der Waals surface area contributed by atoms with E-state index >= 15 is 0 Å². The van der Waals surface area contributed by atoms with Crippen LogP contribution in [0.5, 0.6) is 0 Å². The maximum atomic E-state index is 11.3. The van der Waals surface area contributed by atoms with E-state index in [-0.39, 0.29) is 0 Å². The molecule has 0 saturated heterocycles. The standard InChI is InChI=1S/C20H17N5O2S/c26-28(27)25-20-18-7-5-16(23-18)10-14-3-1-12(21-14)9-13-2-4-15(22-13)11-17-6-8-19(20)24-17/h1-11,21-25H,(H,26,27)/p-1. The van der Waals surface area contributed by atoms with Crippen molar-refractivity contribution in [2.75, 3.05) is 0 Å². The number of nitrogens with one attached hydrogen (secondary N) is 5. The highest BCUT2D eigenvalue weighted by molar-refractivity contribution is 7.77. The quantitative estimate of drug-likeness (QED) is 0.293. The average Bonchev–Trinajstić information content (AvgIpc) is 3.43. The second kappa shape index (κ2) is 6.59. The lowest BCUT2D eigenvalue weighted by atomic mass is 10.3. The van der Waals surface area contributed by atoms with E-state index in [1.807, 2.05) is 66.8 Å². The normalized spacial score (nSPS) is 14.0. The molecule has 1 unspecified atom stereocenters. The molecule has 1 atom stereocenters. The van der Waals surface area contributed by atoms with Gasteiger partial charge in [-0.25, -0.2) is 0 Å². The predicted octanol–water partition coefficient (Wildman–Crippen LogP) is -0.661. The first-order valence-electron chi connectivity index (χ1n) is 8.66. The predicted molar refractivity (Wildman–Crippen MR) is 107 cm³/mol. The van der Waals surface area contributed by atoms with Gasteiger partial charge in [-0.15, -0.1) is 0 Å². The molecule has 7 nitrogen and oxygen atoms in total. The van der Waals surface area contributed by atoms with Gasteiger partial charge in [-0.05, 0) is 66.8 Å². The number of rotatable bonds is 2. The molecule has 1 aliphatic heterocycles. The summed E-state index contributed by atoms with van der Waals surface area (Å²) < 4.78 is 25.2. The molecule has 4 aromatic rings. The monoisotopic (exact) mass is 390 g/mol. The Hall–Kier alpha value is -3.49. The van der Waals surface area contributed by atoms with Crippen LogP contribution < -0.4 is 26.1 Å². The van der Waals surface area contributed by atoms with Crippen LogP contribution in [0.25, 0.3) is 23.9 Å². The number of hydrogen-bond donors (Lipinski definition) is 5. The molecule has 5 heterocycles. The fourth-order valence-corrected chi connectivity index (χ4v) is 3.71. The zero-order valence-corrected chi connectivity index (χ0v) is 15.4. The molecule has 0 aliphatic carbocycles. The van der Waals surface area contributed by atoms with Gasteiger partial charge in [0.2, 0.25) is 0 Å². The van der Waals surface area contributed by atoms with Crippen LogP contribution in [-0.4, -0.2) is 28.7 Å². The van der Waals surface area contributed by atoms with E-state index in [1.54, 1.807) is 0 Å². The molecule has 5 rings (SSSR count). The first-order valence-corrected chi connectivity index (χ1v) is 9.74. The first kappa shape index (κ1) is 16.7. The number of hydrogen-bond acceptors (Lipinski definition) is 2. The number of H-pyrrole nitrogens is 4. The summed E-state index contributed by atoms with van der Waals surface area (Å²) in [6.07, 6.45) is 5.97. The third kappa shape index (κ3) is 3.26. The van der Waals surface area contributed by atoms with Gasteiger partial charge < -0.3 is 29.2 Å². The van der Waals surface area contributed by atoms with Crippen molar-refractivity contribution in [3.8, 4) is 0 Å². The molecule has 140 valence electrons. The molecule has 0 spiro atoms. The Morgan fingerprint density at radius 3 is 1.93 bits per heavy atom. The Labute approximate surface area is 161 Å². The van der Waals surface area contributed by atoms with E-state index < -0.39 is 11.3 Å².